The van der Waals surface area contributed by atoms with Crippen LogP contribution < -0.4 is 5.32 Å². The number of hydrogen-bond donors (Lipinski definition) is 1. The molecule has 0 fully saturated rings. The number of hydrogen-bond acceptors (Lipinski definition) is 3. The van der Waals surface area contributed by atoms with Crippen LogP contribution in [0, 0.1) is 0 Å². The lowest BCUT2D eigenvalue weighted by atomic mass is 9.99. The highest BCUT2D eigenvalue weighted by Gasteiger charge is 2.11. The maximum absolute atomic E-state index is 12.8. The van der Waals surface area contributed by atoms with Crippen LogP contribution in [0.5, 0.6) is 0 Å². The number of carbonyl (C=O) groups excluding carboxylic acids is 1. The van der Waals surface area contributed by atoms with Gasteiger partial charge in [-0.3, -0.25) is 4.79 Å². The van der Waals surface area contributed by atoms with Gasteiger partial charge in [-0.25, -0.2) is 9.67 Å². The van der Waals surface area contributed by atoms with Crippen LogP contribution in [0.2, 0.25) is 0 Å². The van der Waals surface area contributed by atoms with E-state index >= 15 is 0 Å². The van der Waals surface area contributed by atoms with Crippen molar-refractivity contribution in [2.24, 2.45) is 0 Å². The fourth-order valence-corrected chi connectivity index (χ4v) is 3.08. The molecule has 0 bridgehead atoms. The number of aryl methyl sites for hydroxylation is 2. The molecule has 4 rings (SSSR count). The second kappa shape index (κ2) is 8.31. The molecule has 0 saturated carbocycles. The van der Waals surface area contributed by atoms with Gasteiger partial charge < -0.3 is 5.32 Å². The maximum Gasteiger partial charge on any atom is 0.255 e. The third kappa shape index (κ3) is 4.15. The van der Waals surface area contributed by atoms with E-state index in [2.05, 4.69) is 27.5 Å². The van der Waals surface area contributed by atoms with Crippen molar-refractivity contribution in [3.05, 3.63) is 108 Å². The van der Waals surface area contributed by atoms with Gasteiger partial charge in [0.05, 0.1) is 11.9 Å². The second-order valence-corrected chi connectivity index (χ2v) is 6.45. The van der Waals surface area contributed by atoms with Crippen molar-refractivity contribution >= 4 is 11.6 Å². The van der Waals surface area contributed by atoms with Crippen LogP contribution >= 0.6 is 0 Å². The monoisotopic (exact) mass is 368 g/mol. The smallest absolute Gasteiger partial charge is 0.255 e. The molecule has 0 atom stereocenters. The predicted molar refractivity (Wildman–Crippen MR) is 110 cm³/mol. The molecule has 2 aromatic heterocycles. The number of aromatic nitrogens is 3. The van der Waals surface area contributed by atoms with E-state index in [0.717, 1.165) is 18.4 Å². The predicted octanol–water partition coefficient (Wildman–Crippen LogP) is 4.30. The molecular weight excluding hydrogens is 348 g/mol. The van der Waals surface area contributed by atoms with Crippen molar-refractivity contribution in [3.8, 4) is 5.82 Å². The second-order valence-electron chi connectivity index (χ2n) is 6.45. The Balaban J connectivity index is 1.46. The van der Waals surface area contributed by atoms with Crippen LogP contribution in [0.1, 0.15) is 21.5 Å². The van der Waals surface area contributed by atoms with E-state index in [1.807, 2.05) is 66.9 Å². The number of benzene rings is 2. The molecule has 5 nitrogen and oxygen atoms in total. The molecule has 0 unspecified atom stereocenters. The van der Waals surface area contributed by atoms with Crippen molar-refractivity contribution in [1.29, 1.82) is 0 Å². The lowest BCUT2D eigenvalue weighted by Crippen LogP contribution is -2.15. The summed E-state index contributed by atoms with van der Waals surface area (Å²) in [4.78, 5) is 17.2. The van der Waals surface area contributed by atoms with Gasteiger partial charge in [0, 0.05) is 18.0 Å². The topological polar surface area (TPSA) is 59.8 Å². The van der Waals surface area contributed by atoms with Gasteiger partial charge >= 0.3 is 0 Å². The number of carbonyl (C=O) groups is 1. The Morgan fingerprint density at radius 1 is 0.893 bits per heavy atom. The molecule has 5 heteroatoms. The summed E-state index contributed by atoms with van der Waals surface area (Å²) in [6.07, 6.45) is 6.87. The standard InChI is InChI=1S/C23H20N4O/c28-23(26-20-13-14-22(24-17-20)27-16-6-15-25-27)21-10-5-4-9-19(21)12-11-18-7-2-1-3-8-18/h1-10,13-17H,11-12H2,(H,26,28). The van der Waals surface area contributed by atoms with Gasteiger partial charge in [0.25, 0.3) is 5.91 Å². The molecule has 1 amide bonds. The van der Waals surface area contributed by atoms with E-state index < -0.39 is 0 Å². The fraction of sp³-hybridized carbons (Fsp3) is 0.0870. The molecule has 0 aliphatic carbocycles. The van der Waals surface area contributed by atoms with Crippen LogP contribution in [0.3, 0.4) is 0 Å². The van der Waals surface area contributed by atoms with E-state index in [1.54, 1.807) is 17.1 Å². The lowest BCUT2D eigenvalue weighted by molar-refractivity contribution is 0.102. The molecule has 0 saturated heterocycles. The molecule has 0 aliphatic rings. The van der Waals surface area contributed by atoms with E-state index in [9.17, 15) is 4.79 Å². The zero-order valence-corrected chi connectivity index (χ0v) is 15.3. The lowest BCUT2D eigenvalue weighted by Gasteiger charge is -2.11. The summed E-state index contributed by atoms with van der Waals surface area (Å²) < 4.78 is 1.67. The van der Waals surface area contributed by atoms with Crippen molar-refractivity contribution < 1.29 is 4.79 Å². The van der Waals surface area contributed by atoms with Crippen LogP contribution in [0.25, 0.3) is 5.82 Å². The minimum absolute atomic E-state index is 0.127. The van der Waals surface area contributed by atoms with Crippen LogP contribution in [-0.4, -0.2) is 20.7 Å². The third-order valence-electron chi connectivity index (χ3n) is 4.53. The Hall–Kier alpha value is -3.73. The summed E-state index contributed by atoms with van der Waals surface area (Å²) in [6.45, 7) is 0. The van der Waals surface area contributed by atoms with Gasteiger partial charge in [-0.05, 0) is 48.2 Å². The minimum Gasteiger partial charge on any atom is -0.321 e. The first-order valence-corrected chi connectivity index (χ1v) is 9.19. The first-order chi connectivity index (χ1) is 13.8. The van der Waals surface area contributed by atoms with Gasteiger partial charge in [-0.15, -0.1) is 0 Å². The first-order valence-electron chi connectivity index (χ1n) is 9.19. The van der Waals surface area contributed by atoms with E-state index in [4.69, 9.17) is 0 Å². The van der Waals surface area contributed by atoms with E-state index in [-0.39, 0.29) is 5.91 Å². The van der Waals surface area contributed by atoms with Crippen LogP contribution in [0.15, 0.2) is 91.4 Å². The molecule has 28 heavy (non-hydrogen) atoms. The highest BCUT2D eigenvalue weighted by atomic mass is 16.1. The average Bonchev–Trinajstić information content (AvgIpc) is 3.29. The number of nitrogens with zero attached hydrogens (tertiary/aromatic N) is 3. The van der Waals surface area contributed by atoms with E-state index in [0.29, 0.717) is 17.1 Å². The average molecular weight is 368 g/mol. The largest absolute Gasteiger partial charge is 0.321 e. The van der Waals surface area contributed by atoms with Gasteiger partial charge in [0.2, 0.25) is 0 Å². The molecule has 138 valence electrons. The molecule has 2 heterocycles. The van der Waals surface area contributed by atoms with Gasteiger partial charge in [0.1, 0.15) is 0 Å². The maximum atomic E-state index is 12.8. The number of nitrogens with one attached hydrogen (secondary N) is 1. The molecule has 2 aromatic carbocycles. The van der Waals surface area contributed by atoms with Crippen molar-refractivity contribution in [2.45, 2.75) is 12.8 Å². The summed E-state index contributed by atoms with van der Waals surface area (Å²) in [5.41, 5.74) is 3.63. The summed E-state index contributed by atoms with van der Waals surface area (Å²) >= 11 is 0. The number of rotatable bonds is 6. The van der Waals surface area contributed by atoms with Crippen molar-refractivity contribution in [3.63, 3.8) is 0 Å². The van der Waals surface area contributed by atoms with Crippen LogP contribution in [0.4, 0.5) is 5.69 Å². The number of pyridine rings is 1. The van der Waals surface area contributed by atoms with Gasteiger partial charge in [0.15, 0.2) is 5.82 Å². The SMILES string of the molecule is O=C(Nc1ccc(-n2cccn2)nc1)c1ccccc1CCc1ccccc1. The van der Waals surface area contributed by atoms with Crippen molar-refractivity contribution in [2.75, 3.05) is 5.32 Å². The number of amides is 1. The molecule has 1 N–H and O–H groups in total. The normalized spacial score (nSPS) is 10.6. The minimum atomic E-state index is -0.127. The molecule has 0 spiro atoms. The van der Waals surface area contributed by atoms with Crippen LogP contribution in [-0.2, 0) is 12.8 Å². The molecular formula is C23H20N4O. The van der Waals surface area contributed by atoms with Crippen molar-refractivity contribution in [1.82, 2.24) is 14.8 Å². The quantitative estimate of drug-likeness (QED) is 0.552. The Bertz CT molecular complexity index is 1040. The highest BCUT2D eigenvalue weighted by Crippen LogP contribution is 2.16. The zero-order chi connectivity index (χ0) is 19.2. The molecule has 0 aliphatic heterocycles. The Morgan fingerprint density at radius 2 is 1.71 bits per heavy atom. The molecule has 4 aromatic rings. The Labute approximate surface area is 163 Å². The van der Waals surface area contributed by atoms with Gasteiger partial charge in [-0.2, -0.15) is 5.10 Å². The van der Waals surface area contributed by atoms with E-state index in [1.165, 1.54) is 5.56 Å². The highest BCUT2D eigenvalue weighted by molar-refractivity contribution is 6.05. The molecule has 0 radical (unpaired) electrons. The zero-order valence-electron chi connectivity index (χ0n) is 15.3. The summed E-state index contributed by atoms with van der Waals surface area (Å²) in [5.74, 6) is 0.573. The first kappa shape index (κ1) is 17.7. The summed E-state index contributed by atoms with van der Waals surface area (Å²) in [6, 6.07) is 23.5. The fourth-order valence-electron chi connectivity index (χ4n) is 3.08. The Morgan fingerprint density at radius 3 is 2.46 bits per heavy atom. The summed E-state index contributed by atoms with van der Waals surface area (Å²) in [5, 5.41) is 7.09. The van der Waals surface area contributed by atoms with Gasteiger partial charge in [-0.1, -0.05) is 48.5 Å². The Kier molecular flexibility index (Phi) is 5.24. The number of anilines is 1. The third-order valence-corrected chi connectivity index (χ3v) is 4.53. The summed E-state index contributed by atoms with van der Waals surface area (Å²) in [7, 11) is 0.